The minimum atomic E-state index is -0.512. The van der Waals surface area contributed by atoms with E-state index < -0.39 is 4.92 Å². The van der Waals surface area contributed by atoms with E-state index in [9.17, 15) is 10.1 Å². The van der Waals surface area contributed by atoms with Crippen LogP contribution < -0.4 is 4.74 Å². The van der Waals surface area contributed by atoms with Crippen LogP contribution in [0.2, 0.25) is 5.02 Å². The highest BCUT2D eigenvalue weighted by atomic mass is 35.5. The molecule has 0 aliphatic heterocycles. The molecular weight excluding hydrogens is 368 g/mol. The van der Waals surface area contributed by atoms with Crippen molar-refractivity contribution >= 4 is 29.1 Å². The molecule has 128 valence electrons. The second-order valence-electron chi connectivity index (χ2n) is 4.87. The Morgan fingerprint density at radius 3 is 2.84 bits per heavy atom. The molecule has 0 aliphatic carbocycles. The molecule has 3 aromatic rings. The minimum Gasteiger partial charge on any atom is -0.484 e. The zero-order chi connectivity index (χ0) is 17.8. The van der Waals surface area contributed by atoms with E-state index in [-0.39, 0.29) is 17.5 Å². The van der Waals surface area contributed by atoms with Crippen LogP contribution in [0, 0.1) is 17.0 Å². The molecule has 0 radical (unpaired) electrons. The van der Waals surface area contributed by atoms with Crippen LogP contribution in [-0.4, -0.2) is 20.1 Å². The molecular formula is C15H11ClN4O4S. The van der Waals surface area contributed by atoms with Crippen LogP contribution in [0.3, 0.4) is 0 Å². The molecule has 0 atom stereocenters. The van der Waals surface area contributed by atoms with Gasteiger partial charge in [-0.15, -0.1) is 10.2 Å². The number of hydrogen-bond donors (Lipinski definition) is 0. The van der Waals surface area contributed by atoms with Gasteiger partial charge in [-0.1, -0.05) is 11.6 Å². The van der Waals surface area contributed by atoms with E-state index in [1.54, 1.807) is 18.2 Å². The second kappa shape index (κ2) is 7.49. The average molecular weight is 379 g/mol. The number of benzene rings is 1. The summed E-state index contributed by atoms with van der Waals surface area (Å²) >= 11 is 7.01. The fraction of sp³-hybridized carbons (Fsp3) is 0.133. The molecule has 0 aliphatic rings. The van der Waals surface area contributed by atoms with E-state index in [4.69, 9.17) is 20.8 Å². The van der Waals surface area contributed by atoms with E-state index >= 15 is 0 Å². The largest absolute Gasteiger partial charge is 0.484 e. The van der Waals surface area contributed by atoms with Gasteiger partial charge in [0.1, 0.15) is 17.0 Å². The smallest absolute Gasteiger partial charge is 0.287 e. The maximum absolute atomic E-state index is 10.6. The third kappa shape index (κ3) is 4.46. The van der Waals surface area contributed by atoms with Crippen LogP contribution in [0.5, 0.6) is 5.75 Å². The number of pyridine rings is 1. The van der Waals surface area contributed by atoms with Crippen molar-refractivity contribution in [2.75, 3.05) is 0 Å². The van der Waals surface area contributed by atoms with Crippen LogP contribution in [0.4, 0.5) is 5.69 Å². The van der Waals surface area contributed by atoms with Gasteiger partial charge in [0, 0.05) is 11.1 Å². The average Bonchev–Trinajstić information content (AvgIpc) is 3.02. The monoisotopic (exact) mass is 378 g/mol. The van der Waals surface area contributed by atoms with Crippen LogP contribution in [0.25, 0.3) is 0 Å². The molecule has 2 aromatic heterocycles. The lowest BCUT2D eigenvalue weighted by Crippen LogP contribution is -1.97. The third-order valence-electron chi connectivity index (χ3n) is 3.06. The van der Waals surface area contributed by atoms with Gasteiger partial charge in [-0.05, 0) is 48.5 Å². The first-order chi connectivity index (χ1) is 12.0. The predicted molar refractivity (Wildman–Crippen MR) is 89.8 cm³/mol. The summed E-state index contributed by atoms with van der Waals surface area (Å²) in [6, 6.07) is 8.18. The molecule has 3 rings (SSSR count). The summed E-state index contributed by atoms with van der Waals surface area (Å²) in [4.78, 5) is 14.1. The van der Waals surface area contributed by atoms with Gasteiger partial charge in [-0.3, -0.25) is 10.1 Å². The zero-order valence-corrected chi connectivity index (χ0v) is 14.5. The van der Waals surface area contributed by atoms with Crippen molar-refractivity contribution in [3.63, 3.8) is 0 Å². The molecule has 0 N–H and O–H groups in total. The SMILES string of the molecule is Cc1cc(Cl)ccc1OCc1nnc(Sc2ccc([N+](=O)[O-])cn2)o1. The Hall–Kier alpha value is -2.65. The van der Waals surface area contributed by atoms with E-state index in [0.29, 0.717) is 21.7 Å². The maximum atomic E-state index is 10.6. The summed E-state index contributed by atoms with van der Waals surface area (Å²) in [5.41, 5.74) is 0.819. The first-order valence-electron chi connectivity index (χ1n) is 7.01. The van der Waals surface area contributed by atoms with Gasteiger partial charge in [-0.2, -0.15) is 0 Å². The van der Waals surface area contributed by atoms with Crippen LogP contribution in [-0.2, 0) is 6.61 Å². The Bertz CT molecular complexity index is 901. The molecule has 0 amide bonds. The van der Waals surface area contributed by atoms with Crippen molar-refractivity contribution in [3.05, 3.63) is 63.1 Å². The summed E-state index contributed by atoms with van der Waals surface area (Å²) < 4.78 is 11.1. The molecule has 1 aromatic carbocycles. The summed E-state index contributed by atoms with van der Waals surface area (Å²) in [6.07, 6.45) is 1.17. The van der Waals surface area contributed by atoms with Gasteiger partial charge in [0.25, 0.3) is 16.8 Å². The van der Waals surface area contributed by atoms with Crippen molar-refractivity contribution in [2.24, 2.45) is 0 Å². The highest BCUT2D eigenvalue weighted by Crippen LogP contribution is 2.27. The minimum absolute atomic E-state index is 0.0812. The van der Waals surface area contributed by atoms with Gasteiger partial charge in [0.05, 0.1) is 4.92 Å². The number of aromatic nitrogens is 3. The zero-order valence-electron chi connectivity index (χ0n) is 12.9. The van der Waals surface area contributed by atoms with Crippen molar-refractivity contribution in [1.29, 1.82) is 0 Å². The quantitative estimate of drug-likeness (QED) is 0.467. The number of halogens is 1. The Kier molecular flexibility index (Phi) is 5.15. The Morgan fingerprint density at radius 1 is 1.32 bits per heavy atom. The first kappa shape index (κ1) is 17.2. The fourth-order valence-corrected chi connectivity index (χ4v) is 2.75. The normalized spacial score (nSPS) is 10.6. The molecule has 0 fully saturated rings. The summed E-state index contributed by atoms with van der Waals surface area (Å²) in [5.74, 6) is 0.979. The molecule has 0 saturated carbocycles. The lowest BCUT2D eigenvalue weighted by molar-refractivity contribution is -0.385. The van der Waals surface area contributed by atoms with Crippen LogP contribution in [0.1, 0.15) is 11.5 Å². The fourth-order valence-electron chi connectivity index (χ4n) is 1.88. The predicted octanol–water partition coefficient (Wildman–Crippen LogP) is 4.06. The molecule has 25 heavy (non-hydrogen) atoms. The molecule has 0 spiro atoms. The number of rotatable bonds is 6. The van der Waals surface area contributed by atoms with E-state index in [2.05, 4.69) is 15.2 Å². The van der Waals surface area contributed by atoms with Gasteiger partial charge in [0.2, 0.25) is 0 Å². The lowest BCUT2D eigenvalue weighted by atomic mass is 10.2. The van der Waals surface area contributed by atoms with Crippen molar-refractivity contribution in [1.82, 2.24) is 15.2 Å². The number of nitro groups is 1. The standard InChI is InChI=1S/C15H11ClN4O4S/c1-9-6-10(16)2-4-12(9)23-8-13-18-19-15(24-13)25-14-5-3-11(7-17-14)20(21)22/h2-7H,8H2,1H3. The number of nitrogens with zero attached hydrogens (tertiary/aromatic N) is 4. The van der Waals surface area contributed by atoms with E-state index in [0.717, 1.165) is 17.3 Å². The lowest BCUT2D eigenvalue weighted by Gasteiger charge is -2.06. The van der Waals surface area contributed by atoms with Crippen molar-refractivity contribution in [2.45, 2.75) is 23.8 Å². The Balaban J connectivity index is 1.61. The number of aryl methyl sites for hydroxylation is 1. The van der Waals surface area contributed by atoms with Gasteiger partial charge in [-0.25, -0.2) is 4.98 Å². The summed E-state index contributed by atoms with van der Waals surface area (Å²) in [6.45, 7) is 2.00. The third-order valence-corrected chi connectivity index (χ3v) is 4.09. The molecule has 0 unspecified atom stereocenters. The number of ether oxygens (including phenoxy) is 1. The van der Waals surface area contributed by atoms with E-state index in [1.807, 2.05) is 6.92 Å². The van der Waals surface area contributed by atoms with Crippen molar-refractivity contribution in [3.8, 4) is 5.75 Å². The topological polar surface area (TPSA) is 104 Å². The molecule has 0 saturated heterocycles. The Morgan fingerprint density at radius 2 is 2.16 bits per heavy atom. The second-order valence-corrected chi connectivity index (χ2v) is 6.28. The van der Waals surface area contributed by atoms with Crippen molar-refractivity contribution < 1.29 is 14.1 Å². The molecule has 2 heterocycles. The first-order valence-corrected chi connectivity index (χ1v) is 8.20. The highest BCUT2D eigenvalue weighted by Gasteiger charge is 2.12. The van der Waals surface area contributed by atoms with Gasteiger partial charge in [0.15, 0.2) is 6.61 Å². The van der Waals surface area contributed by atoms with Crippen LogP contribution >= 0.6 is 23.4 Å². The molecule has 8 nitrogen and oxygen atoms in total. The van der Waals surface area contributed by atoms with Crippen LogP contribution in [0.15, 0.2) is 51.2 Å². The maximum Gasteiger partial charge on any atom is 0.287 e. The summed E-state index contributed by atoms with van der Waals surface area (Å²) in [7, 11) is 0. The number of hydrogen-bond acceptors (Lipinski definition) is 8. The molecule has 10 heteroatoms. The van der Waals surface area contributed by atoms with Gasteiger partial charge >= 0.3 is 0 Å². The van der Waals surface area contributed by atoms with E-state index in [1.165, 1.54) is 18.3 Å². The molecule has 0 bridgehead atoms. The highest BCUT2D eigenvalue weighted by molar-refractivity contribution is 7.99. The van der Waals surface area contributed by atoms with Gasteiger partial charge < -0.3 is 9.15 Å². The summed E-state index contributed by atoms with van der Waals surface area (Å²) in [5, 5.41) is 19.8. The Labute approximate surface area is 151 Å².